The minimum absolute atomic E-state index is 0.0123. The Morgan fingerprint density at radius 3 is 2.75 bits per heavy atom. The van der Waals surface area contributed by atoms with Crippen LogP contribution < -0.4 is 14.8 Å². The Morgan fingerprint density at radius 1 is 1.33 bits per heavy atom. The van der Waals surface area contributed by atoms with Gasteiger partial charge in [0.05, 0.1) is 13.2 Å². The van der Waals surface area contributed by atoms with Crippen LogP contribution >= 0.6 is 0 Å². The standard InChI is InChI=1S/C16H22N2O5S/c1-22-14-7-4-11(16(19)17-10-13-3-2-8-23-13)9-15(14)24(20,21)18-12-5-6-12/h4,7,9,12-13,18H,2-3,5-6,8,10H2,1H3,(H,17,19). The Hall–Kier alpha value is -1.64. The molecule has 1 aliphatic heterocycles. The first-order valence-corrected chi connectivity index (χ1v) is 9.58. The van der Waals surface area contributed by atoms with Crippen molar-refractivity contribution in [3.8, 4) is 5.75 Å². The maximum Gasteiger partial charge on any atom is 0.251 e. The Morgan fingerprint density at radius 2 is 2.12 bits per heavy atom. The van der Waals surface area contributed by atoms with Crippen LogP contribution in [-0.4, -0.2) is 46.7 Å². The number of nitrogens with one attached hydrogen (secondary N) is 2. The number of carbonyl (C=O) groups is 1. The molecule has 0 bridgehead atoms. The molecule has 1 amide bonds. The molecule has 1 atom stereocenters. The minimum Gasteiger partial charge on any atom is -0.495 e. The summed E-state index contributed by atoms with van der Waals surface area (Å²) in [6, 6.07) is 4.40. The van der Waals surface area contributed by atoms with Gasteiger partial charge in [0.2, 0.25) is 10.0 Å². The second kappa shape index (κ2) is 7.08. The average Bonchev–Trinajstić information content (AvgIpc) is 3.22. The minimum atomic E-state index is -3.71. The predicted molar refractivity (Wildman–Crippen MR) is 87.6 cm³/mol. The third-order valence-corrected chi connectivity index (χ3v) is 5.67. The highest BCUT2D eigenvalue weighted by molar-refractivity contribution is 7.89. The highest BCUT2D eigenvalue weighted by Gasteiger charge is 2.30. The molecule has 3 rings (SSSR count). The first-order valence-electron chi connectivity index (χ1n) is 8.10. The first-order chi connectivity index (χ1) is 11.5. The summed E-state index contributed by atoms with van der Waals surface area (Å²) in [6.45, 7) is 1.14. The summed E-state index contributed by atoms with van der Waals surface area (Å²) in [4.78, 5) is 12.3. The number of rotatable bonds is 7. The molecule has 2 fully saturated rings. The fourth-order valence-corrected chi connectivity index (χ4v) is 4.13. The molecule has 0 spiro atoms. The van der Waals surface area contributed by atoms with Gasteiger partial charge in [-0.2, -0.15) is 0 Å². The van der Waals surface area contributed by atoms with E-state index in [4.69, 9.17) is 9.47 Å². The van der Waals surface area contributed by atoms with Gasteiger partial charge in [-0.1, -0.05) is 0 Å². The van der Waals surface area contributed by atoms with Crippen LogP contribution in [0.2, 0.25) is 0 Å². The predicted octanol–water partition coefficient (Wildman–Crippen LogP) is 1.04. The average molecular weight is 354 g/mol. The van der Waals surface area contributed by atoms with Crippen molar-refractivity contribution in [3.05, 3.63) is 23.8 Å². The van der Waals surface area contributed by atoms with E-state index in [2.05, 4.69) is 10.0 Å². The highest BCUT2D eigenvalue weighted by atomic mass is 32.2. The quantitative estimate of drug-likeness (QED) is 0.763. The number of carbonyl (C=O) groups excluding carboxylic acids is 1. The second-order valence-electron chi connectivity index (χ2n) is 6.11. The van der Waals surface area contributed by atoms with E-state index in [0.29, 0.717) is 6.54 Å². The van der Waals surface area contributed by atoms with Crippen LogP contribution in [0.4, 0.5) is 0 Å². The summed E-state index contributed by atoms with van der Waals surface area (Å²) in [5.74, 6) is -0.102. The van der Waals surface area contributed by atoms with Gasteiger partial charge in [0.15, 0.2) is 0 Å². The Kier molecular flexibility index (Phi) is 5.07. The number of amides is 1. The summed E-state index contributed by atoms with van der Waals surface area (Å²) in [6.07, 6.45) is 3.63. The normalized spacial score (nSPS) is 20.8. The van der Waals surface area contributed by atoms with Crippen LogP contribution in [0.25, 0.3) is 0 Å². The smallest absolute Gasteiger partial charge is 0.251 e. The molecule has 1 saturated heterocycles. The van der Waals surface area contributed by atoms with Gasteiger partial charge in [0.1, 0.15) is 10.6 Å². The fraction of sp³-hybridized carbons (Fsp3) is 0.562. The number of sulfonamides is 1. The van der Waals surface area contributed by atoms with Crippen molar-refractivity contribution >= 4 is 15.9 Å². The van der Waals surface area contributed by atoms with E-state index in [9.17, 15) is 13.2 Å². The molecule has 1 aliphatic carbocycles. The van der Waals surface area contributed by atoms with Gasteiger partial charge in [-0.25, -0.2) is 13.1 Å². The third kappa shape index (κ3) is 4.06. The molecule has 1 unspecified atom stereocenters. The summed E-state index contributed by atoms with van der Waals surface area (Å²) in [7, 11) is -2.30. The van der Waals surface area contributed by atoms with Gasteiger partial charge in [0.25, 0.3) is 5.91 Å². The van der Waals surface area contributed by atoms with Crippen molar-refractivity contribution in [2.24, 2.45) is 0 Å². The van der Waals surface area contributed by atoms with Crippen LogP contribution in [0, 0.1) is 0 Å². The summed E-state index contributed by atoms with van der Waals surface area (Å²) in [5, 5.41) is 2.79. The number of methoxy groups -OCH3 is 1. The lowest BCUT2D eigenvalue weighted by molar-refractivity contribution is 0.0857. The topological polar surface area (TPSA) is 93.7 Å². The van der Waals surface area contributed by atoms with Crippen molar-refractivity contribution in [3.63, 3.8) is 0 Å². The molecule has 1 saturated carbocycles. The van der Waals surface area contributed by atoms with Gasteiger partial charge in [-0.05, 0) is 43.9 Å². The van der Waals surface area contributed by atoms with E-state index in [1.54, 1.807) is 6.07 Å². The van der Waals surface area contributed by atoms with Crippen molar-refractivity contribution in [2.45, 2.75) is 42.7 Å². The molecule has 1 aromatic rings. The molecule has 7 nitrogen and oxygen atoms in total. The molecular weight excluding hydrogens is 332 g/mol. The van der Waals surface area contributed by atoms with E-state index in [1.807, 2.05) is 0 Å². The van der Waals surface area contributed by atoms with Crippen LogP contribution in [0.5, 0.6) is 5.75 Å². The monoisotopic (exact) mass is 354 g/mol. The second-order valence-corrected chi connectivity index (χ2v) is 7.79. The lowest BCUT2D eigenvalue weighted by atomic mass is 10.2. The lowest BCUT2D eigenvalue weighted by Gasteiger charge is -2.13. The summed E-state index contributed by atoms with van der Waals surface area (Å²) < 4.78 is 38.1. The lowest BCUT2D eigenvalue weighted by Crippen LogP contribution is -2.32. The summed E-state index contributed by atoms with van der Waals surface area (Å²) >= 11 is 0. The zero-order valence-electron chi connectivity index (χ0n) is 13.6. The molecule has 24 heavy (non-hydrogen) atoms. The zero-order valence-corrected chi connectivity index (χ0v) is 14.4. The molecular formula is C16H22N2O5S. The molecule has 1 heterocycles. The molecule has 0 radical (unpaired) electrons. The van der Waals surface area contributed by atoms with E-state index >= 15 is 0 Å². The maximum absolute atomic E-state index is 12.5. The number of hydrogen-bond acceptors (Lipinski definition) is 5. The third-order valence-electron chi connectivity index (χ3n) is 4.13. The van der Waals surface area contributed by atoms with Crippen molar-refractivity contribution in [1.82, 2.24) is 10.0 Å². The van der Waals surface area contributed by atoms with E-state index in [-0.39, 0.29) is 34.3 Å². The zero-order chi connectivity index (χ0) is 17.2. The molecule has 8 heteroatoms. The Balaban J connectivity index is 1.75. The SMILES string of the molecule is COc1ccc(C(=O)NCC2CCCO2)cc1S(=O)(=O)NC1CC1. The van der Waals surface area contributed by atoms with Crippen LogP contribution in [-0.2, 0) is 14.8 Å². The largest absolute Gasteiger partial charge is 0.495 e. The Labute approximate surface area is 141 Å². The number of ether oxygens (including phenoxy) is 2. The van der Waals surface area contributed by atoms with Crippen LogP contribution in [0.1, 0.15) is 36.0 Å². The molecule has 2 aliphatic rings. The van der Waals surface area contributed by atoms with Gasteiger partial charge in [-0.3, -0.25) is 4.79 Å². The molecule has 0 aromatic heterocycles. The van der Waals surface area contributed by atoms with Gasteiger partial charge in [0, 0.05) is 24.8 Å². The van der Waals surface area contributed by atoms with Gasteiger partial charge < -0.3 is 14.8 Å². The van der Waals surface area contributed by atoms with Crippen molar-refractivity contribution in [2.75, 3.05) is 20.3 Å². The van der Waals surface area contributed by atoms with Crippen LogP contribution in [0.3, 0.4) is 0 Å². The van der Waals surface area contributed by atoms with E-state index < -0.39 is 10.0 Å². The number of benzene rings is 1. The van der Waals surface area contributed by atoms with Crippen molar-refractivity contribution < 1.29 is 22.7 Å². The van der Waals surface area contributed by atoms with Crippen LogP contribution in [0.15, 0.2) is 23.1 Å². The fourth-order valence-electron chi connectivity index (χ4n) is 2.63. The first kappa shape index (κ1) is 17.2. The van der Waals surface area contributed by atoms with E-state index in [0.717, 1.165) is 32.3 Å². The number of hydrogen-bond donors (Lipinski definition) is 2. The van der Waals surface area contributed by atoms with E-state index in [1.165, 1.54) is 19.2 Å². The molecule has 1 aromatic carbocycles. The van der Waals surface area contributed by atoms with Crippen molar-refractivity contribution in [1.29, 1.82) is 0 Å². The highest BCUT2D eigenvalue weighted by Crippen LogP contribution is 2.28. The van der Waals surface area contributed by atoms with Gasteiger partial charge >= 0.3 is 0 Å². The maximum atomic E-state index is 12.5. The molecule has 2 N–H and O–H groups in total. The van der Waals surface area contributed by atoms with Gasteiger partial charge in [-0.15, -0.1) is 0 Å². The molecule has 132 valence electrons. The summed E-state index contributed by atoms with van der Waals surface area (Å²) in [5.41, 5.74) is 0.282. The Bertz CT molecular complexity index is 709.